The van der Waals surface area contributed by atoms with Crippen molar-refractivity contribution in [3.63, 3.8) is 0 Å². The van der Waals surface area contributed by atoms with E-state index < -0.39 is 6.09 Å². The molecule has 2 aromatic heterocycles. The lowest BCUT2D eigenvalue weighted by Crippen LogP contribution is -2.36. The maximum atomic E-state index is 11.1. The quantitative estimate of drug-likeness (QED) is 0.876. The fourth-order valence-corrected chi connectivity index (χ4v) is 4.44. The second-order valence-corrected chi connectivity index (χ2v) is 7.47. The molecule has 1 aliphatic heterocycles. The summed E-state index contributed by atoms with van der Waals surface area (Å²) in [7, 11) is 1.79. The normalized spacial score (nSPS) is 24.9. The number of methoxy groups -OCH3 is 1. The Morgan fingerprint density at radius 1 is 1.19 bits per heavy atom. The smallest absolute Gasteiger partial charge is 0.407 e. The number of ether oxygens (including phenoxy) is 1. The van der Waals surface area contributed by atoms with E-state index in [1.807, 2.05) is 6.20 Å². The van der Waals surface area contributed by atoms with Crippen LogP contribution in [0.2, 0.25) is 0 Å². The second kappa shape index (κ2) is 7.23. The highest BCUT2D eigenvalue weighted by Gasteiger charge is 2.28. The fourth-order valence-electron chi connectivity index (χ4n) is 4.44. The Labute approximate surface area is 152 Å². The number of aromatic nitrogens is 3. The molecule has 2 fully saturated rings. The number of fused-ring (bicyclic) bond motifs is 1. The van der Waals surface area contributed by atoms with Crippen molar-refractivity contribution >= 4 is 17.3 Å². The van der Waals surface area contributed by atoms with Crippen LogP contribution in [-0.2, 0) is 4.74 Å². The molecule has 0 bridgehead atoms. The van der Waals surface area contributed by atoms with Crippen molar-refractivity contribution in [2.45, 2.75) is 56.5 Å². The highest BCUT2D eigenvalue weighted by Crippen LogP contribution is 2.36. The molecule has 0 spiro atoms. The first-order chi connectivity index (χ1) is 12.7. The van der Waals surface area contributed by atoms with Gasteiger partial charge >= 0.3 is 6.09 Å². The zero-order chi connectivity index (χ0) is 18.1. The molecule has 26 heavy (non-hydrogen) atoms. The van der Waals surface area contributed by atoms with Gasteiger partial charge in [-0.2, -0.15) is 0 Å². The number of likely N-dealkylation sites (tertiary alicyclic amines) is 1. The van der Waals surface area contributed by atoms with Crippen LogP contribution >= 0.6 is 0 Å². The highest BCUT2D eigenvalue weighted by molar-refractivity contribution is 5.75. The van der Waals surface area contributed by atoms with Crippen molar-refractivity contribution in [3.8, 4) is 0 Å². The summed E-state index contributed by atoms with van der Waals surface area (Å²) in [6, 6.07) is 2.06. The number of amides is 1. The summed E-state index contributed by atoms with van der Waals surface area (Å²) in [6.45, 7) is 1.18. The molecular formula is C19H26N4O3. The molecule has 0 aromatic carbocycles. The van der Waals surface area contributed by atoms with Gasteiger partial charge in [-0.25, -0.2) is 14.8 Å². The van der Waals surface area contributed by atoms with Crippen LogP contribution in [0.1, 0.15) is 61.7 Å². The summed E-state index contributed by atoms with van der Waals surface area (Å²) in [6.07, 6.45) is 7.40. The molecule has 1 saturated heterocycles. The number of hydrogen-bond acceptors (Lipinski definition) is 4. The van der Waals surface area contributed by atoms with Gasteiger partial charge in [-0.15, -0.1) is 0 Å². The Bertz CT molecular complexity index is 774. The molecular weight excluding hydrogens is 332 g/mol. The minimum atomic E-state index is -0.821. The predicted molar refractivity (Wildman–Crippen MR) is 97.5 cm³/mol. The Kier molecular flexibility index (Phi) is 4.80. The zero-order valence-electron chi connectivity index (χ0n) is 15.1. The van der Waals surface area contributed by atoms with Crippen molar-refractivity contribution in [2.24, 2.45) is 0 Å². The SMILES string of the molecule is COC1CCC(c2nc3nccc(C4CCN(C(=O)O)CC4)c3[nH]2)CC1. The monoisotopic (exact) mass is 358 g/mol. The summed E-state index contributed by atoms with van der Waals surface area (Å²) in [5.41, 5.74) is 3.04. The number of aromatic amines is 1. The van der Waals surface area contributed by atoms with Crippen LogP contribution in [0.3, 0.4) is 0 Å². The van der Waals surface area contributed by atoms with E-state index in [2.05, 4.69) is 16.0 Å². The molecule has 3 heterocycles. The number of nitrogens with zero attached hydrogens (tertiary/aromatic N) is 3. The standard InChI is InChI=1S/C19H26N4O3/c1-26-14-4-2-13(3-5-14)17-21-16-15(6-9-20-18(16)22-17)12-7-10-23(11-8-12)19(24)25/h6,9,12-14H,2-5,7-8,10-11H2,1H3,(H,24,25)(H,20,21,22). The molecule has 140 valence electrons. The van der Waals surface area contributed by atoms with Crippen LogP contribution in [0.15, 0.2) is 12.3 Å². The van der Waals surface area contributed by atoms with Crippen molar-refractivity contribution < 1.29 is 14.6 Å². The lowest BCUT2D eigenvalue weighted by molar-refractivity contribution is 0.0652. The molecule has 7 heteroatoms. The zero-order valence-corrected chi connectivity index (χ0v) is 15.1. The van der Waals surface area contributed by atoms with E-state index in [0.717, 1.165) is 55.5 Å². The van der Waals surface area contributed by atoms with Gasteiger partial charge in [-0.05, 0) is 56.1 Å². The van der Waals surface area contributed by atoms with Crippen molar-refractivity contribution in [2.75, 3.05) is 20.2 Å². The molecule has 0 atom stereocenters. The number of carboxylic acid groups (broad SMARTS) is 1. The van der Waals surface area contributed by atoms with E-state index in [-0.39, 0.29) is 0 Å². The maximum absolute atomic E-state index is 11.1. The predicted octanol–water partition coefficient (Wildman–Crippen LogP) is 3.49. The van der Waals surface area contributed by atoms with Gasteiger partial charge in [-0.1, -0.05) is 0 Å². The molecule has 2 aromatic rings. The topological polar surface area (TPSA) is 91.3 Å². The summed E-state index contributed by atoms with van der Waals surface area (Å²) >= 11 is 0. The van der Waals surface area contributed by atoms with Crippen LogP contribution in [-0.4, -0.2) is 57.4 Å². The van der Waals surface area contributed by atoms with E-state index in [4.69, 9.17) is 14.8 Å². The molecule has 1 saturated carbocycles. The Morgan fingerprint density at radius 2 is 1.92 bits per heavy atom. The minimum Gasteiger partial charge on any atom is -0.465 e. The van der Waals surface area contributed by atoms with Crippen LogP contribution in [0, 0.1) is 0 Å². The second-order valence-electron chi connectivity index (χ2n) is 7.47. The largest absolute Gasteiger partial charge is 0.465 e. The van der Waals surface area contributed by atoms with Crippen molar-refractivity contribution in [1.29, 1.82) is 0 Å². The lowest BCUT2D eigenvalue weighted by Gasteiger charge is -2.30. The summed E-state index contributed by atoms with van der Waals surface area (Å²) in [4.78, 5) is 25.4. The third kappa shape index (κ3) is 3.28. The molecule has 7 nitrogen and oxygen atoms in total. The summed E-state index contributed by atoms with van der Waals surface area (Å²) in [5, 5.41) is 9.14. The minimum absolute atomic E-state index is 0.355. The van der Waals surface area contributed by atoms with Crippen LogP contribution in [0.25, 0.3) is 11.2 Å². The molecule has 1 aliphatic carbocycles. The van der Waals surface area contributed by atoms with Crippen LogP contribution in [0.5, 0.6) is 0 Å². The summed E-state index contributed by atoms with van der Waals surface area (Å²) in [5.74, 6) is 1.84. The number of hydrogen-bond donors (Lipinski definition) is 2. The number of imidazole rings is 1. The number of nitrogens with one attached hydrogen (secondary N) is 1. The van der Waals surface area contributed by atoms with Gasteiger partial charge in [0.1, 0.15) is 5.82 Å². The van der Waals surface area contributed by atoms with E-state index in [1.165, 1.54) is 10.5 Å². The van der Waals surface area contributed by atoms with Gasteiger partial charge in [0.25, 0.3) is 0 Å². The van der Waals surface area contributed by atoms with Gasteiger partial charge in [0.15, 0.2) is 5.65 Å². The molecule has 4 rings (SSSR count). The average Bonchev–Trinajstić information content (AvgIpc) is 3.12. The molecule has 2 aliphatic rings. The van der Waals surface area contributed by atoms with Crippen molar-refractivity contribution in [3.05, 3.63) is 23.7 Å². The average molecular weight is 358 g/mol. The van der Waals surface area contributed by atoms with Gasteiger partial charge in [0, 0.05) is 32.3 Å². The Hall–Kier alpha value is -2.15. The number of carbonyl (C=O) groups is 1. The van der Waals surface area contributed by atoms with Crippen LogP contribution in [0.4, 0.5) is 4.79 Å². The molecule has 0 radical (unpaired) electrons. The van der Waals surface area contributed by atoms with Crippen molar-refractivity contribution in [1.82, 2.24) is 19.9 Å². The number of piperidine rings is 1. The van der Waals surface area contributed by atoms with Gasteiger partial charge in [-0.3, -0.25) is 0 Å². The van der Waals surface area contributed by atoms with Gasteiger partial charge in [0.05, 0.1) is 11.6 Å². The van der Waals surface area contributed by atoms with E-state index in [0.29, 0.717) is 31.0 Å². The molecule has 0 unspecified atom stereocenters. The van der Waals surface area contributed by atoms with E-state index in [9.17, 15) is 4.79 Å². The Morgan fingerprint density at radius 3 is 2.58 bits per heavy atom. The highest BCUT2D eigenvalue weighted by atomic mass is 16.5. The summed E-state index contributed by atoms with van der Waals surface area (Å²) < 4.78 is 5.47. The first-order valence-electron chi connectivity index (χ1n) is 9.51. The van der Waals surface area contributed by atoms with E-state index >= 15 is 0 Å². The Balaban J connectivity index is 1.54. The van der Waals surface area contributed by atoms with Crippen LogP contribution < -0.4 is 0 Å². The third-order valence-corrected chi connectivity index (χ3v) is 6.04. The first-order valence-corrected chi connectivity index (χ1v) is 9.51. The number of rotatable bonds is 3. The fraction of sp³-hybridized carbons (Fsp3) is 0.632. The molecule has 2 N–H and O–H groups in total. The lowest BCUT2D eigenvalue weighted by atomic mass is 9.87. The number of pyridine rings is 1. The van der Waals surface area contributed by atoms with Gasteiger partial charge in [0.2, 0.25) is 0 Å². The molecule has 1 amide bonds. The first kappa shape index (κ1) is 17.3. The maximum Gasteiger partial charge on any atom is 0.407 e. The van der Waals surface area contributed by atoms with E-state index in [1.54, 1.807) is 7.11 Å². The third-order valence-electron chi connectivity index (χ3n) is 6.04. The van der Waals surface area contributed by atoms with Gasteiger partial charge < -0.3 is 19.7 Å². The number of H-pyrrole nitrogens is 1.